The number of hydrogen-bond acceptors (Lipinski definition) is 2. The quantitative estimate of drug-likeness (QED) is 0.339. The predicted octanol–water partition coefficient (Wildman–Crippen LogP) is 1.58. The Hall–Kier alpha value is -1.25. The van der Waals surface area contributed by atoms with Gasteiger partial charge in [0.2, 0.25) is 5.91 Å². The van der Waals surface area contributed by atoms with Gasteiger partial charge in [0, 0.05) is 44.5 Å². The van der Waals surface area contributed by atoms with Crippen LogP contribution in [0.25, 0.3) is 0 Å². The lowest BCUT2D eigenvalue weighted by Crippen LogP contribution is -2.39. The van der Waals surface area contributed by atoms with Gasteiger partial charge in [-0.3, -0.25) is 9.79 Å². The summed E-state index contributed by atoms with van der Waals surface area (Å²) in [6.45, 7) is 8.88. The number of nitrogens with one attached hydrogen (secondary N) is 3. The summed E-state index contributed by atoms with van der Waals surface area (Å²) >= 11 is 0. The minimum absolute atomic E-state index is 0. The maximum Gasteiger partial charge on any atom is 0.222 e. The molecule has 0 unspecified atom stereocenters. The predicted molar refractivity (Wildman–Crippen MR) is 102 cm³/mol. The Morgan fingerprint density at radius 3 is 2.50 bits per heavy atom. The molecule has 0 saturated heterocycles. The van der Waals surface area contributed by atoms with Gasteiger partial charge < -0.3 is 20.5 Å². The summed E-state index contributed by atoms with van der Waals surface area (Å²) in [6, 6.07) is 4.19. The normalized spacial score (nSPS) is 11.0. The first kappa shape index (κ1) is 20.8. The zero-order chi connectivity index (χ0) is 15.5. The molecule has 0 bridgehead atoms. The number of rotatable bonds is 8. The third-order valence-corrected chi connectivity index (χ3v) is 2.73. The summed E-state index contributed by atoms with van der Waals surface area (Å²) < 4.78 is 2.10. The van der Waals surface area contributed by atoms with E-state index in [0.29, 0.717) is 13.0 Å². The van der Waals surface area contributed by atoms with Gasteiger partial charge in [0.25, 0.3) is 0 Å². The Morgan fingerprint density at radius 2 is 1.91 bits per heavy atom. The van der Waals surface area contributed by atoms with E-state index in [1.807, 2.05) is 45.3 Å². The SMILES string of the molecule is CCNC(=NCCC(=O)NC(C)C)NCCn1cccc1.I. The second kappa shape index (κ2) is 12.3. The van der Waals surface area contributed by atoms with E-state index in [-0.39, 0.29) is 35.9 Å². The fourth-order valence-corrected chi connectivity index (χ4v) is 1.83. The van der Waals surface area contributed by atoms with Crippen LogP contribution >= 0.6 is 24.0 Å². The average Bonchev–Trinajstić information content (AvgIpc) is 2.91. The Bertz CT molecular complexity index is 431. The minimum Gasteiger partial charge on any atom is -0.357 e. The second-order valence-electron chi connectivity index (χ2n) is 5.08. The molecule has 1 aromatic rings. The van der Waals surface area contributed by atoms with Crippen molar-refractivity contribution in [1.29, 1.82) is 0 Å². The summed E-state index contributed by atoms with van der Waals surface area (Å²) in [5.74, 6) is 0.791. The zero-order valence-corrected chi connectivity index (χ0v) is 16.0. The highest BCUT2D eigenvalue weighted by molar-refractivity contribution is 14.0. The highest BCUT2D eigenvalue weighted by atomic mass is 127. The zero-order valence-electron chi connectivity index (χ0n) is 13.6. The van der Waals surface area contributed by atoms with Crippen LogP contribution in [0.4, 0.5) is 0 Å². The van der Waals surface area contributed by atoms with Crippen molar-refractivity contribution < 1.29 is 4.79 Å². The molecular weight excluding hydrogens is 393 g/mol. The largest absolute Gasteiger partial charge is 0.357 e. The summed E-state index contributed by atoms with van der Waals surface area (Å²) in [5.41, 5.74) is 0. The molecule has 0 aliphatic heterocycles. The van der Waals surface area contributed by atoms with Crippen molar-refractivity contribution in [2.75, 3.05) is 19.6 Å². The number of guanidine groups is 1. The van der Waals surface area contributed by atoms with Crippen molar-refractivity contribution in [3.8, 4) is 0 Å². The van der Waals surface area contributed by atoms with E-state index >= 15 is 0 Å². The van der Waals surface area contributed by atoms with E-state index in [1.165, 1.54) is 0 Å². The molecule has 1 aromatic heterocycles. The molecule has 6 nitrogen and oxygen atoms in total. The van der Waals surface area contributed by atoms with Gasteiger partial charge in [0.15, 0.2) is 5.96 Å². The Kier molecular flexibility index (Phi) is 11.6. The Balaban J connectivity index is 0.00000441. The number of carbonyl (C=O) groups excluding carboxylic acids is 1. The minimum atomic E-state index is 0. The second-order valence-corrected chi connectivity index (χ2v) is 5.08. The molecule has 126 valence electrons. The number of halogens is 1. The molecular formula is C15H28IN5O. The summed E-state index contributed by atoms with van der Waals surface area (Å²) in [6.07, 6.45) is 4.47. The first-order valence-corrected chi connectivity index (χ1v) is 7.54. The fraction of sp³-hybridized carbons (Fsp3) is 0.600. The van der Waals surface area contributed by atoms with Crippen molar-refractivity contribution in [3.63, 3.8) is 0 Å². The Morgan fingerprint density at radius 1 is 1.23 bits per heavy atom. The lowest BCUT2D eigenvalue weighted by molar-refractivity contribution is -0.121. The lowest BCUT2D eigenvalue weighted by Gasteiger charge is -2.12. The van der Waals surface area contributed by atoms with Gasteiger partial charge in [-0.15, -0.1) is 24.0 Å². The Labute approximate surface area is 150 Å². The molecule has 7 heteroatoms. The molecule has 1 rings (SSSR count). The van der Waals surface area contributed by atoms with Crippen LogP contribution in [0.3, 0.4) is 0 Å². The lowest BCUT2D eigenvalue weighted by atomic mass is 10.3. The van der Waals surface area contributed by atoms with Crippen molar-refractivity contribution >= 4 is 35.8 Å². The summed E-state index contributed by atoms with van der Waals surface area (Å²) in [7, 11) is 0. The standard InChI is InChI=1S/C15H27N5O.HI/c1-4-16-15(17-8-7-14(21)19-13(2)3)18-9-12-20-10-5-6-11-20;/h5-6,10-11,13H,4,7-9,12H2,1-3H3,(H,19,21)(H2,16,17,18);1H. The van der Waals surface area contributed by atoms with E-state index in [0.717, 1.165) is 25.6 Å². The van der Waals surface area contributed by atoms with E-state index in [1.54, 1.807) is 0 Å². The molecule has 0 spiro atoms. The van der Waals surface area contributed by atoms with Crippen molar-refractivity contribution in [3.05, 3.63) is 24.5 Å². The third kappa shape index (κ3) is 9.64. The van der Waals surface area contributed by atoms with Crippen LogP contribution in [-0.4, -0.2) is 42.1 Å². The van der Waals surface area contributed by atoms with E-state index < -0.39 is 0 Å². The van der Waals surface area contributed by atoms with Crippen LogP contribution in [0.15, 0.2) is 29.5 Å². The molecule has 0 aromatic carbocycles. The van der Waals surface area contributed by atoms with Gasteiger partial charge in [-0.25, -0.2) is 0 Å². The summed E-state index contributed by atoms with van der Waals surface area (Å²) in [5, 5.41) is 9.29. The van der Waals surface area contributed by atoms with Gasteiger partial charge >= 0.3 is 0 Å². The van der Waals surface area contributed by atoms with Crippen LogP contribution < -0.4 is 16.0 Å². The highest BCUT2D eigenvalue weighted by Crippen LogP contribution is 1.89. The van der Waals surface area contributed by atoms with E-state index in [2.05, 4.69) is 25.5 Å². The van der Waals surface area contributed by atoms with Gasteiger partial charge in [0.1, 0.15) is 0 Å². The van der Waals surface area contributed by atoms with E-state index in [9.17, 15) is 4.79 Å². The molecule has 1 amide bonds. The monoisotopic (exact) mass is 421 g/mol. The number of carbonyl (C=O) groups is 1. The van der Waals surface area contributed by atoms with E-state index in [4.69, 9.17) is 0 Å². The van der Waals surface area contributed by atoms with Crippen molar-refractivity contribution in [2.45, 2.75) is 39.8 Å². The van der Waals surface area contributed by atoms with Crippen LogP contribution in [-0.2, 0) is 11.3 Å². The number of aliphatic imine (C=N–C) groups is 1. The van der Waals surface area contributed by atoms with Gasteiger partial charge in [-0.05, 0) is 32.9 Å². The van der Waals surface area contributed by atoms with Crippen molar-refractivity contribution in [2.24, 2.45) is 4.99 Å². The topological polar surface area (TPSA) is 70.4 Å². The maximum absolute atomic E-state index is 11.5. The number of nitrogens with zero attached hydrogens (tertiary/aromatic N) is 2. The number of aromatic nitrogens is 1. The molecule has 0 radical (unpaired) electrons. The molecule has 0 atom stereocenters. The molecule has 0 aliphatic carbocycles. The molecule has 0 aliphatic rings. The van der Waals surface area contributed by atoms with Crippen LogP contribution in [0.5, 0.6) is 0 Å². The van der Waals surface area contributed by atoms with Crippen LogP contribution in [0.1, 0.15) is 27.2 Å². The molecule has 0 saturated carbocycles. The van der Waals surface area contributed by atoms with Crippen LogP contribution in [0.2, 0.25) is 0 Å². The van der Waals surface area contributed by atoms with Crippen LogP contribution in [0, 0.1) is 0 Å². The van der Waals surface area contributed by atoms with Gasteiger partial charge in [-0.2, -0.15) is 0 Å². The molecule has 3 N–H and O–H groups in total. The van der Waals surface area contributed by atoms with Gasteiger partial charge in [0.05, 0.1) is 6.54 Å². The average molecular weight is 421 g/mol. The fourth-order valence-electron chi connectivity index (χ4n) is 1.83. The smallest absolute Gasteiger partial charge is 0.222 e. The highest BCUT2D eigenvalue weighted by Gasteiger charge is 2.03. The number of hydrogen-bond donors (Lipinski definition) is 3. The molecule has 22 heavy (non-hydrogen) atoms. The number of amides is 1. The van der Waals surface area contributed by atoms with Gasteiger partial charge in [-0.1, -0.05) is 0 Å². The third-order valence-electron chi connectivity index (χ3n) is 2.73. The first-order chi connectivity index (χ1) is 10.1. The molecule has 1 heterocycles. The van der Waals surface area contributed by atoms with Crippen molar-refractivity contribution in [1.82, 2.24) is 20.5 Å². The maximum atomic E-state index is 11.5. The molecule has 0 fully saturated rings. The first-order valence-electron chi connectivity index (χ1n) is 7.54. The summed E-state index contributed by atoms with van der Waals surface area (Å²) in [4.78, 5) is 15.9.